The van der Waals surface area contributed by atoms with Crippen molar-refractivity contribution in [3.8, 4) is 0 Å². The third-order valence-electron chi connectivity index (χ3n) is 5.96. The first-order valence-corrected chi connectivity index (χ1v) is 7.35. The van der Waals surface area contributed by atoms with Gasteiger partial charge in [-0.2, -0.15) is 0 Å². The quantitative estimate of drug-likeness (QED) is 0.855. The molecule has 1 amide bonds. The summed E-state index contributed by atoms with van der Waals surface area (Å²) >= 11 is 0. The van der Waals surface area contributed by atoms with E-state index >= 15 is 0 Å². The molecular weight excluding hydrogens is 240 g/mol. The highest BCUT2D eigenvalue weighted by Crippen LogP contribution is 2.66. The van der Waals surface area contributed by atoms with E-state index in [0.29, 0.717) is 18.6 Å². The number of rotatable bonds is 3. The lowest BCUT2D eigenvalue weighted by atomic mass is 9.69. The van der Waals surface area contributed by atoms with E-state index in [1.54, 1.807) is 0 Å². The molecule has 2 bridgehead atoms. The Morgan fingerprint density at radius 1 is 1.37 bits per heavy atom. The lowest BCUT2D eigenvalue weighted by Crippen LogP contribution is -2.56. The van der Waals surface area contributed by atoms with E-state index in [0.717, 1.165) is 0 Å². The standard InChI is InChI=1S/C15H28N2O2/c1-7-19-13(18)16-12-11(17(5)6)10-8-9-15(12,4)14(10,2)3/h10-12H,7-9H2,1-6H3,(H,16,18)/t10-,11-,12+,15-/m0/s1. The van der Waals surface area contributed by atoms with E-state index < -0.39 is 0 Å². The Kier molecular flexibility index (Phi) is 3.58. The van der Waals surface area contributed by atoms with E-state index in [-0.39, 0.29) is 23.0 Å². The zero-order chi connectivity index (χ0) is 14.4. The van der Waals surface area contributed by atoms with Crippen LogP contribution in [0.15, 0.2) is 0 Å². The Morgan fingerprint density at radius 2 is 2.00 bits per heavy atom. The van der Waals surface area contributed by atoms with Gasteiger partial charge in [0.15, 0.2) is 0 Å². The normalized spacial score (nSPS) is 39.6. The number of carbonyl (C=O) groups is 1. The molecule has 4 heteroatoms. The van der Waals surface area contributed by atoms with Crippen molar-refractivity contribution in [1.29, 1.82) is 0 Å². The zero-order valence-electron chi connectivity index (χ0n) is 13.1. The lowest BCUT2D eigenvalue weighted by molar-refractivity contribution is 0.0918. The summed E-state index contributed by atoms with van der Waals surface area (Å²) in [4.78, 5) is 14.1. The average Bonchev–Trinajstić information content (AvgIpc) is 2.60. The Bertz CT molecular complexity index is 367. The molecule has 0 radical (unpaired) electrons. The van der Waals surface area contributed by atoms with Gasteiger partial charge in [0.25, 0.3) is 0 Å². The van der Waals surface area contributed by atoms with Crippen molar-refractivity contribution in [3.05, 3.63) is 0 Å². The highest BCUT2D eigenvalue weighted by atomic mass is 16.5. The molecule has 110 valence electrons. The summed E-state index contributed by atoms with van der Waals surface area (Å²) in [6.45, 7) is 9.31. The van der Waals surface area contributed by atoms with E-state index in [1.165, 1.54) is 12.8 Å². The van der Waals surface area contributed by atoms with Gasteiger partial charge in [0, 0.05) is 6.04 Å². The molecule has 0 aliphatic heterocycles. The molecule has 0 heterocycles. The monoisotopic (exact) mass is 268 g/mol. The minimum Gasteiger partial charge on any atom is -0.450 e. The third kappa shape index (κ3) is 1.95. The highest BCUT2D eigenvalue weighted by molar-refractivity contribution is 5.68. The van der Waals surface area contributed by atoms with Gasteiger partial charge in [0.2, 0.25) is 0 Å². The van der Waals surface area contributed by atoms with Crippen LogP contribution in [0.4, 0.5) is 4.79 Å². The first kappa shape index (κ1) is 14.6. The summed E-state index contributed by atoms with van der Waals surface area (Å²) in [5, 5.41) is 3.14. The fourth-order valence-electron chi connectivity index (χ4n) is 4.53. The van der Waals surface area contributed by atoms with Gasteiger partial charge in [-0.15, -0.1) is 0 Å². The summed E-state index contributed by atoms with van der Waals surface area (Å²) < 4.78 is 5.08. The van der Waals surface area contributed by atoms with Crippen LogP contribution in [0.1, 0.15) is 40.5 Å². The Hall–Kier alpha value is -0.770. The van der Waals surface area contributed by atoms with E-state index in [9.17, 15) is 4.79 Å². The molecule has 0 spiro atoms. The molecule has 4 atom stereocenters. The number of amides is 1. The second-order valence-electron chi connectivity index (χ2n) is 7.08. The number of fused-ring (bicyclic) bond motifs is 2. The van der Waals surface area contributed by atoms with Crippen LogP contribution < -0.4 is 5.32 Å². The van der Waals surface area contributed by atoms with Crippen LogP contribution in [0.5, 0.6) is 0 Å². The van der Waals surface area contributed by atoms with Crippen LogP contribution in [0.25, 0.3) is 0 Å². The molecule has 0 aromatic carbocycles. The molecule has 19 heavy (non-hydrogen) atoms. The molecule has 2 rings (SSSR count). The molecule has 2 saturated carbocycles. The number of likely N-dealkylation sites (N-methyl/N-ethyl adjacent to an activating group) is 1. The van der Waals surface area contributed by atoms with Crippen LogP contribution in [-0.2, 0) is 4.74 Å². The smallest absolute Gasteiger partial charge is 0.407 e. The van der Waals surface area contributed by atoms with Gasteiger partial charge in [-0.1, -0.05) is 20.8 Å². The largest absolute Gasteiger partial charge is 0.450 e. The van der Waals surface area contributed by atoms with Gasteiger partial charge in [-0.25, -0.2) is 4.79 Å². The molecule has 2 aliphatic rings. The second kappa shape index (κ2) is 4.65. The first-order chi connectivity index (χ1) is 8.75. The number of nitrogens with zero attached hydrogens (tertiary/aromatic N) is 1. The maximum atomic E-state index is 11.8. The number of alkyl carbamates (subject to hydrolysis) is 1. The molecule has 2 fully saturated rings. The van der Waals surface area contributed by atoms with E-state index in [4.69, 9.17) is 4.74 Å². The maximum Gasteiger partial charge on any atom is 0.407 e. The van der Waals surface area contributed by atoms with E-state index in [2.05, 4.69) is 45.1 Å². The number of carbonyl (C=O) groups excluding carboxylic acids is 1. The first-order valence-electron chi connectivity index (χ1n) is 7.35. The number of hydrogen-bond donors (Lipinski definition) is 1. The topological polar surface area (TPSA) is 41.6 Å². The molecule has 1 N–H and O–H groups in total. The minimum absolute atomic E-state index is 0.152. The number of hydrogen-bond acceptors (Lipinski definition) is 3. The minimum atomic E-state index is -0.274. The third-order valence-corrected chi connectivity index (χ3v) is 5.96. The fraction of sp³-hybridized carbons (Fsp3) is 0.933. The summed E-state index contributed by atoms with van der Waals surface area (Å²) in [6.07, 6.45) is 2.17. The van der Waals surface area contributed by atoms with Gasteiger partial charge in [0.1, 0.15) is 0 Å². The van der Waals surface area contributed by atoms with Crippen LogP contribution in [0, 0.1) is 16.7 Å². The molecule has 0 unspecified atom stereocenters. The Labute approximate surface area is 116 Å². The fourth-order valence-corrected chi connectivity index (χ4v) is 4.53. The van der Waals surface area contributed by atoms with Gasteiger partial charge < -0.3 is 15.0 Å². The van der Waals surface area contributed by atoms with Crippen molar-refractivity contribution >= 4 is 6.09 Å². The van der Waals surface area contributed by atoms with Crippen molar-refractivity contribution in [2.45, 2.75) is 52.6 Å². The van der Waals surface area contributed by atoms with Crippen molar-refractivity contribution < 1.29 is 9.53 Å². The van der Waals surface area contributed by atoms with Gasteiger partial charge in [-0.05, 0) is 50.6 Å². The molecule has 0 aromatic rings. The van der Waals surface area contributed by atoms with Crippen LogP contribution >= 0.6 is 0 Å². The predicted molar refractivity (Wildman–Crippen MR) is 76.0 cm³/mol. The summed E-state index contributed by atoms with van der Waals surface area (Å²) in [5.41, 5.74) is 0.408. The lowest BCUT2D eigenvalue weighted by Gasteiger charge is -2.41. The summed E-state index contributed by atoms with van der Waals surface area (Å²) in [7, 11) is 4.23. The van der Waals surface area contributed by atoms with Crippen LogP contribution in [0.2, 0.25) is 0 Å². The summed E-state index contributed by atoms with van der Waals surface area (Å²) in [5.74, 6) is 0.638. The van der Waals surface area contributed by atoms with Crippen LogP contribution in [0.3, 0.4) is 0 Å². The molecule has 0 aromatic heterocycles. The second-order valence-corrected chi connectivity index (χ2v) is 7.08. The highest BCUT2D eigenvalue weighted by Gasteiger charge is 2.67. The average molecular weight is 268 g/mol. The maximum absolute atomic E-state index is 11.8. The van der Waals surface area contributed by atoms with Gasteiger partial charge >= 0.3 is 6.09 Å². The van der Waals surface area contributed by atoms with Gasteiger partial charge in [-0.3, -0.25) is 0 Å². The summed E-state index contributed by atoms with van der Waals surface area (Å²) in [6, 6.07) is 0.577. The molecule has 4 nitrogen and oxygen atoms in total. The Morgan fingerprint density at radius 3 is 2.53 bits per heavy atom. The van der Waals surface area contributed by atoms with Crippen molar-refractivity contribution in [3.63, 3.8) is 0 Å². The zero-order valence-corrected chi connectivity index (χ0v) is 13.1. The van der Waals surface area contributed by atoms with Crippen LogP contribution in [-0.4, -0.2) is 43.8 Å². The molecule has 2 aliphatic carbocycles. The number of ether oxygens (including phenoxy) is 1. The SMILES string of the molecule is CCOC(=O)N[C@@H]1[C@@H](N(C)C)[C@@H]2CC[C@]1(C)C2(C)C. The van der Waals surface area contributed by atoms with Gasteiger partial charge in [0.05, 0.1) is 12.6 Å². The number of nitrogens with one attached hydrogen (secondary N) is 1. The van der Waals surface area contributed by atoms with Crippen molar-refractivity contribution in [1.82, 2.24) is 10.2 Å². The van der Waals surface area contributed by atoms with E-state index in [1.807, 2.05) is 6.92 Å². The van der Waals surface area contributed by atoms with Crippen molar-refractivity contribution in [2.24, 2.45) is 16.7 Å². The predicted octanol–water partition coefficient (Wildman–Crippen LogP) is 2.49. The molecular formula is C15H28N2O2. The molecule has 0 saturated heterocycles. The van der Waals surface area contributed by atoms with Crippen molar-refractivity contribution in [2.75, 3.05) is 20.7 Å². The Balaban J connectivity index is 2.27.